The van der Waals surface area contributed by atoms with Crippen molar-refractivity contribution in [2.45, 2.75) is 19.2 Å². The number of aryl methyl sites for hydroxylation is 1. The van der Waals surface area contributed by atoms with E-state index in [1.165, 1.54) is 11.3 Å². The van der Waals surface area contributed by atoms with Crippen molar-refractivity contribution in [3.05, 3.63) is 40.4 Å². The topological polar surface area (TPSA) is 54.9 Å². The molecule has 0 aliphatic rings. The molecule has 0 fully saturated rings. The first-order chi connectivity index (χ1) is 8.72. The molecular weight excluding hydrogens is 270 g/mol. The number of hydrogen-bond donors (Lipinski definition) is 1. The van der Waals surface area contributed by atoms with Gasteiger partial charge in [-0.2, -0.15) is 0 Å². The summed E-state index contributed by atoms with van der Waals surface area (Å²) >= 11 is 7.12. The lowest BCUT2D eigenvalue weighted by Gasteiger charge is -2.02. The zero-order valence-corrected chi connectivity index (χ0v) is 11.4. The fourth-order valence-corrected chi connectivity index (χ4v) is 2.25. The molecule has 0 unspecified atom stereocenters. The van der Waals surface area contributed by atoms with E-state index in [0.717, 1.165) is 17.0 Å². The molecule has 18 heavy (non-hydrogen) atoms. The van der Waals surface area contributed by atoms with E-state index in [1.54, 1.807) is 12.1 Å². The van der Waals surface area contributed by atoms with Gasteiger partial charge in [0.2, 0.25) is 5.13 Å². The first kappa shape index (κ1) is 13.0. The Balaban J connectivity index is 2.11. The Morgan fingerprint density at radius 3 is 2.94 bits per heavy atom. The molecule has 2 rings (SSSR count). The number of nitrogens with one attached hydrogen (secondary N) is 1. The number of carbonyl (C=O) groups excluding carboxylic acids is 1. The Hall–Kier alpha value is -1.46. The Bertz CT molecular complexity index is 556. The van der Waals surface area contributed by atoms with E-state index in [4.69, 9.17) is 11.6 Å². The molecule has 0 saturated heterocycles. The van der Waals surface area contributed by atoms with E-state index in [2.05, 4.69) is 15.5 Å². The molecule has 0 aliphatic heterocycles. The average molecular weight is 282 g/mol. The second-order valence-electron chi connectivity index (χ2n) is 3.64. The van der Waals surface area contributed by atoms with E-state index in [-0.39, 0.29) is 5.91 Å². The maximum Gasteiger partial charge on any atom is 0.257 e. The molecular formula is C12H12ClN3OS. The van der Waals surface area contributed by atoms with Crippen molar-refractivity contribution < 1.29 is 4.79 Å². The fraction of sp³-hybridized carbons (Fsp3) is 0.250. The molecule has 1 N–H and O–H groups in total. The van der Waals surface area contributed by atoms with Crippen LogP contribution < -0.4 is 5.32 Å². The van der Waals surface area contributed by atoms with Crippen LogP contribution in [0.4, 0.5) is 5.13 Å². The van der Waals surface area contributed by atoms with Crippen LogP contribution in [-0.2, 0) is 12.3 Å². The highest BCUT2D eigenvalue weighted by Crippen LogP contribution is 2.17. The smallest absolute Gasteiger partial charge is 0.257 e. The van der Waals surface area contributed by atoms with Crippen molar-refractivity contribution in [1.82, 2.24) is 10.2 Å². The monoisotopic (exact) mass is 281 g/mol. The molecule has 0 spiro atoms. The van der Waals surface area contributed by atoms with Crippen molar-refractivity contribution in [3.8, 4) is 0 Å². The van der Waals surface area contributed by atoms with Crippen LogP contribution in [0.15, 0.2) is 24.3 Å². The third-order valence-corrected chi connectivity index (χ3v) is 3.62. The number of halogens is 1. The molecule has 1 amide bonds. The minimum absolute atomic E-state index is 0.194. The standard InChI is InChI=1S/C12H12ClN3OS/c1-2-10-15-16-12(18-10)14-11(17)9-5-3-4-8(6-9)7-13/h3-6H,2,7H2,1H3,(H,14,16,17). The summed E-state index contributed by atoms with van der Waals surface area (Å²) in [5.41, 5.74) is 1.48. The van der Waals surface area contributed by atoms with Gasteiger partial charge in [-0.25, -0.2) is 0 Å². The van der Waals surface area contributed by atoms with Crippen molar-refractivity contribution in [2.75, 3.05) is 5.32 Å². The van der Waals surface area contributed by atoms with Crippen molar-refractivity contribution in [1.29, 1.82) is 0 Å². The Morgan fingerprint density at radius 2 is 2.28 bits per heavy atom. The van der Waals surface area contributed by atoms with Gasteiger partial charge in [0.15, 0.2) is 0 Å². The number of amides is 1. The molecule has 1 aromatic carbocycles. The summed E-state index contributed by atoms with van der Waals surface area (Å²) in [5, 5.41) is 12.0. The maximum atomic E-state index is 12.0. The van der Waals surface area contributed by atoms with Crippen molar-refractivity contribution in [2.24, 2.45) is 0 Å². The van der Waals surface area contributed by atoms with E-state index >= 15 is 0 Å². The number of carbonyl (C=O) groups is 1. The van der Waals surface area contributed by atoms with Gasteiger partial charge >= 0.3 is 0 Å². The van der Waals surface area contributed by atoms with Crippen LogP contribution in [0, 0.1) is 0 Å². The third-order valence-electron chi connectivity index (χ3n) is 2.33. The quantitative estimate of drug-likeness (QED) is 0.876. The van der Waals surface area contributed by atoms with E-state index in [9.17, 15) is 4.79 Å². The van der Waals surface area contributed by atoms with Crippen LogP contribution in [-0.4, -0.2) is 16.1 Å². The summed E-state index contributed by atoms with van der Waals surface area (Å²) < 4.78 is 0. The van der Waals surface area contributed by atoms with Gasteiger partial charge in [0.25, 0.3) is 5.91 Å². The Morgan fingerprint density at radius 1 is 1.44 bits per heavy atom. The van der Waals surface area contributed by atoms with Crippen LogP contribution in [0.25, 0.3) is 0 Å². The lowest BCUT2D eigenvalue weighted by molar-refractivity contribution is 0.102. The molecule has 0 atom stereocenters. The average Bonchev–Trinajstić information content (AvgIpc) is 2.86. The van der Waals surface area contributed by atoms with E-state index in [1.807, 2.05) is 19.1 Å². The maximum absolute atomic E-state index is 12.0. The van der Waals surface area contributed by atoms with E-state index in [0.29, 0.717) is 16.6 Å². The SMILES string of the molecule is CCc1nnc(NC(=O)c2cccc(CCl)c2)s1. The van der Waals surface area contributed by atoms with Gasteiger partial charge in [-0.15, -0.1) is 21.8 Å². The molecule has 0 radical (unpaired) electrons. The minimum atomic E-state index is -0.194. The molecule has 6 heteroatoms. The fourth-order valence-electron chi connectivity index (χ4n) is 1.41. The second-order valence-corrected chi connectivity index (χ2v) is 4.97. The number of alkyl halides is 1. The summed E-state index contributed by atoms with van der Waals surface area (Å²) in [6, 6.07) is 7.20. The number of hydrogen-bond acceptors (Lipinski definition) is 4. The van der Waals surface area contributed by atoms with Crippen molar-refractivity contribution >= 4 is 34.0 Å². The summed E-state index contributed by atoms with van der Waals surface area (Å²) in [4.78, 5) is 12.0. The molecule has 2 aromatic rings. The van der Waals surface area contributed by atoms with Gasteiger partial charge in [0, 0.05) is 11.4 Å². The number of aromatic nitrogens is 2. The summed E-state index contributed by atoms with van der Waals surface area (Å²) in [5.74, 6) is 0.195. The molecule has 0 saturated carbocycles. The van der Waals surface area contributed by atoms with Gasteiger partial charge in [-0.3, -0.25) is 10.1 Å². The molecule has 1 heterocycles. The predicted octanol–water partition coefficient (Wildman–Crippen LogP) is 3.09. The summed E-state index contributed by atoms with van der Waals surface area (Å²) in [7, 11) is 0. The van der Waals surface area contributed by atoms with Crippen LogP contribution in [0.5, 0.6) is 0 Å². The first-order valence-electron chi connectivity index (χ1n) is 5.51. The highest BCUT2D eigenvalue weighted by Gasteiger charge is 2.09. The lowest BCUT2D eigenvalue weighted by Crippen LogP contribution is -2.11. The Kier molecular flexibility index (Phi) is 4.28. The zero-order chi connectivity index (χ0) is 13.0. The molecule has 0 bridgehead atoms. The highest BCUT2D eigenvalue weighted by molar-refractivity contribution is 7.15. The first-order valence-corrected chi connectivity index (χ1v) is 6.86. The minimum Gasteiger partial charge on any atom is -0.296 e. The largest absolute Gasteiger partial charge is 0.296 e. The number of rotatable bonds is 4. The number of benzene rings is 1. The zero-order valence-electron chi connectivity index (χ0n) is 9.81. The molecule has 4 nitrogen and oxygen atoms in total. The van der Waals surface area contributed by atoms with Crippen molar-refractivity contribution in [3.63, 3.8) is 0 Å². The van der Waals surface area contributed by atoms with Crippen LogP contribution in [0.1, 0.15) is 27.9 Å². The number of nitrogens with zero attached hydrogens (tertiary/aromatic N) is 2. The molecule has 0 aliphatic carbocycles. The van der Waals surface area contributed by atoms with E-state index < -0.39 is 0 Å². The second kappa shape index (κ2) is 5.93. The van der Waals surface area contributed by atoms with Gasteiger partial charge in [0.05, 0.1) is 0 Å². The normalized spacial score (nSPS) is 10.3. The summed E-state index contributed by atoms with van der Waals surface area (Å²) in [6.45, 7) is 2.00. The van der Waals surface area contributed by atoms with Crippen LogP contribution >= 0.6 is 22.9 Å². The Labute approximate surface area is 114 Å². The summed E-state index contributed by atoms with van der Waals surface area (Å²) in [6.07, 6.45) is 0.815. The number of anilines is 1. The molecule has 94 valence electrons. The third kappa shape index (κ3) is 3.05. The van der Waals surface area contributed by atoms with Gasteiger partial charge in [-0.1, -0.05) is 30.4 Å². The lowest BCUT2D eigenvalue weighted by atomic mass is 10.1. The van der Waals surface area contributed by atoms with Gasteiger partial charge < -0.3 is 0 Å². The van der Waals surface area contributed by atoms with Crippen LogP contribution in [0.2, 0.25) is 0 Å². The predicted molar refractivity (Wildman–Crippen MR) is 73.2 cm³/mol. The van der Waals surface area contributed by atoms with Gasteiger partial charge in [0.1, 0.15) is 5.01 Å². The molecule has 1 aromatic heterocycles. The van der Waals surface area contributed by atoms with Crippen LogP contribution in [0.3, 0.4) is 0 Å². The van der Waals surface area contributed by atoms with Gasteiger partial charge in [-0.05, 0) is 24.1 Å². The highest BCUT2D eigenvalue weighted by atomic mass is 35.5.